The highest BCUT2D eigenvalue weighted by Gasteiger charge is 2.13. The molecule has 0 atom stereocenters. The van der Waals surface area contributed by atoms with Crippen LogP contribution < -0.4 is 20.1 Å². The Hall–Kier alpha value is -3.87. The Morgan fingerprint density at radius 1 is 1.00 bits per heavy atom. The molecule has 32 heavy (non-hydrogen) atoms. The molecule has 0 unspecified atom stereocenters. The van der Waals surface area contributed by atoms with Crippen molar-refractivity contribution in [3.63, 3.8) is 0 Å². The van der Waals surface area contributed by atoms with Crippen molar-refractivity contribution >= 4 is 17.6 Å². The molecule has 0 aliphatic heterocycles. The number of hydrogen-bond donors (Lipinski definition) is 2. The smallest absolute Gasteiger partial charge is 0.258 e. The van der Waals surface area contributed by atoms with Gasteiger partial charge in [0.15, 0.2) is 0 Å². The van der Waals surface area contributed by atoms with Gasteiger partial charge < -0.3 is 14.8 Å². The molecule has 0 saturated heterocycles. The third-order valence-electron chi connectivity index (χ3n) is 4.81. The van der Waals surface area contributed by atoms with Crippen LogP contribution in [-0.2, 0) is 6.54 Å². The minimum absolute atomic E-state index is 0.314. The molecule has 1 aromatic heterocycles. The SMILES string of the molecule is COc1cc(OC)cc(C(=O)NC(=NCc2ccccn2)Nc2ccc(C(C)C)cc2)c1. The van der Waals surface area contributed by atoms with E-state index in [9.17, 15) is 4.79 Å². The van der Waals surface area contributed by atoms with Crippen LogP contribution in [-0.4, -0.2) is 31.1 Å². The van der Waals surface area contributed by atoms with Gasteiger partial charge in [-0.3, -0.25) is 15.1 Å². The fourth-order valence-electron chi connectivity index (χ4n) is 2.97. The Morgan fingerprint density at radius 3 is 2.25 bits per heavy atom. The third-order valence-corrected chi connectivity index (χ3v) is 4.81. The van der Waals surface area contributed by atoms with Crippen molar-refractivity contribution in [2.75, 3.05) is 19.5 Å². The molecule has 1 heterocycles. The van der Waals surface area contributed by atoms with E-state index in [-0.39, 0.29) is 5.91 Å². The summed E-state index contributed by atoms with van der Waals surface area (Å²) in [7, 11) is 3.08. The Kier molecular flexibility index (Phi) is 7.80. The number of rotatable bonds is 7. The molecule has 3 aromatic rings. The summed E-state index contributed by atoms with van der Waals surface area (Å²) in [6.07, 6.45) is 1.71. The van der Waals surface area contributed by atoms with E-state index in [1.807, 2.05) is 30.3 Å². The van der Waals surface area contributed by atoms with Crippen molar-refractivity contribution in [3.05, 3.63) is 83.7 Å². The largest absolute Gasteiger partial charge is 0.497 e. The Balaban J connectivity index is 1.83. The zero-order valence-electron chi connectivity index (χ0n) is 18.8. The van der Waals surface area contributed by atoms with Crippen LogP contribution in [0.3, 0.4) is 0 Å². The summed E-state index contributed by atoms with van der Waals surface area (Å²) in [5.41, 5.74) is 3.23. The predicted octanol–water partition coefficient (Wildman–Crippen LogP) is 4.62. The second-order valence-electron chi connectivity index (χ2n) is 7.44. The number of nitrogens with zero attached hydrogens (tertiary/aromatic N) is 2. The van der Waals surface area contributed by atoms with Crippen LogP contribution in [0.1, 0.15) is 41.4 Å². The number of guanidine groups is 1. The van der Waals surface area contributed by atoms with Gasteiger partial charge >= 0.3 is 0 Å². The van der Waals surface area contributed by atoms with E-state index in [1.165, 1.54) is 5.56 Å². The van der Waals surface area contributed by atoms with Crippen LogP contribution in [0.5, 0.6) is 11.5 Å². The first-order valence-electron chi connectivity index (χ1n) is 10.3. The molecule has 0 fully saturated rings. The molecule has 166 valence electrons. The average molecular weight is 433 g/mol. The van der Waals surface area contributed by atoms with E-state index in [0.29, 0.717) is 35.5 Å². The summed E-state index contributed by atoms with van der Waals surface area (Å²) in [5, 5.41) is 6.05. The van der Waals surface area contributed by atoms with Gasteiger partial charge in [-0.25, -0.2) is 4.99 Å². The Bertz CT molecular complexity index is 1040. The molecule has 2 aromatic carbocycles. The highest BCUT2D eigenvalue weighted by Crippen LogP contribution is 2.22. The molecule has 0 aliphatic carbocycles. The maximum atomic E-state index is 13.0. The Labute approximate surface area is 188 Å². The number of nitrogens with one attached hydrogen (secondary N) is 2. The minimum atomic E-state index is -0.340. The molecule has 0 spiro atoms. The number of benzene rings is 2. The fraction of sp³-hybridized carbons (Fsp3) is 0.240. The van der Waals surface area contributed by atoms with Gasteiger partial charge in [0.1, 0.15) is 11.5 Å². The van der Waals surface area contributed by atoms with E-state index >= 15 is 0 Å². The quantitative estimate of drug-likeness (QED) is 0.420. The topological polar surface area (TPSA) is 84.8 Å². The van der Waals surface area contributed by atoms with Gasteiger partial charge in [-0.15, -0.1) is 0 Å². The molecule has 0 saturated carbocycles. The van der Waals surface area contributed by atoms with Crippen molar-refractivity contribution in [1.29, 1.82) is 0 Å². The number of ether oxygens (including phenoxy) is 2. The van der Waals surface area contributed by atoms with Crippen LogP contribution >= 0.6 is 0 Å². The van der Waals surface area contributed by atoms with Crippen molar-refractivity contribution in [3.8, 4) is 11.5 Å². The molecule has 0 aliphatic rings. The number of aliphatic imine (C=N–C) groups is 1. The van der Waals surface area contributed by atoms with Gasteiger partial charge in [-0.1, -0.05) is 32.0 Å². The van der Waals surface area contributed by atoms with E-state index in [1.54, 1.807) is 38.6 Å². The zero-order chi connectivity index (χ0) is 22.9. The molecular formula is C25H28N4O3. The summed E-state index contributed by atoms with van der Waals surface area (Å²) in [6, 6.07) is 18.7. The lowest BCUT2D eigenvalue weighted by atomic mass is 10.0. The van der Waals surface area contributed by atoms with Crippen LogP contribution in [0.4, 0.5) is 5.69 Å². The lowest BCUT2D eigenvalue weighted by molar-refractivity contribution is 0.0976. The predicted molar refractivity (Wildman–Crippen MR) is 127 cm³/mol. The van der Waals surface area contributed by atoms with Crippen LogP contribution in [0.25, 0.3) is 0 Å². The number of carbonyl (C=O) groups excluding carboxylic acids is 1. The van der Waals surface area contributed by atoms with E-state index < -0.39 is 0 Å². The number of hydrogen-bond acceptors (Lipinski definition) is 5. The molecule has 0 radical (unpaired) electrons. The molecule has 1 amide bonds. The second-order valence-corrected chi connectivity index (χ2v) is 7.44. The molecule has 2 N–H and O–H groups in total. The van der Waals surface area contributed by atoms with E-state index in [0.717, 1.165) is 11.4 Å². The van der Waals surface area contributed by atoms with Gasteiger partial charge in [-0.05, 0) is 47.9 Å². The number of carbonyl (C=O) groups is 1. The first-order valence-corrected chi connectivity index (χ1v) is 10.3. The maximum absolute atomic E-state index is 13.0. The van der Waals surface area contributed by atoms with Crippen LogP contribution in [0.15, 0.2) is 71.9 Å². The number of aromatic nitrogens is 1. The minimum Gasteiger partial charge on any atom is -0.497 e. The zero-order valence-corrected chi connectivity index (χ0v) is 18.8. The Morgan fingerprint density at radius 2 is 1.69 bits per heavy atom. The molecule has 3 rings (SSSR count). The molecular weight excluding hydrogens is 404 g/mol. The van der Waals surface area contributed by atoms with Crippen molar-refractivity contribution < 1.29 is 14.3 Å². The van der Waals surface area contributed by atoms with Gasteiger partial charge in [-0.2, -0.15) is 0 Å². The first kappa shape index (κ1) is 22.8. The lowest BCUT2D eigenvalue weighted by Gasteiger charge is -2.14. The number of pyridine rings is 1. The third kappa shape index (κ3) is 6.31. The van der Waals surface area contributed by atoms with Gasteiger partial charge in [0.2, 0.25) is 5.96 Å². The number of methoxy groups -OCH3 is 2. The summed E-state index contributed by atoms with van der Waals surface area (Å²) >= 11 is 0. The first-order chi connectivity index (χ1) is 15.5. The van der Waals surface area contributed by atoms with Gasteiger partial charge in [0, 0.05) is 23.5 Å². The molecule has 7 heteroatoms. The summed E-state index contributed by atoms with van der Waals surface area (Å²) in [4.78, 5) is 21.8. The number of amides is 1. The monoisotopic (exact) mass is 432 g/mol. The standard InChI is InChI=1S/C25H28N4O3/c1-17(2)18-8-10-20(11-9-18)28-25(27-16-21-7-5-6-12-26-21)29-24(30)19-13-22(31-3)15-23(14-19)32-4/h5-15,17H,16H2,1-4H3,(H2,27,28,29,30). The van der Waals surface area contributed by atoms with Crippen molar-refractivity contribution in [2.45, 2.75) is 26.3 Å². The normalized spacial score (nSPS) is 11.2. The van der Waals surface area contributed by atoms with Gasteiger partial charge in [0.25, 0.3) is 5.91 Å². The highest BCUT2D eigenvalue weighted by molar-refractivity contribution is 6.10. The van der Waals surface area contributed by atoms with Crippen LogP contribution in [0, 0.1) is 0 Å². The van der Waals surface area contributed by atoms with E-state index in [2.05, 4.69) is 46.6 Å². The molecule has 7 nitrogen and oxygen atoms in total. The molecule has 0 bridgehead atoms. The number of anilines is 1. The second kappa shape index (κ2) is 10.9. The lowest BCUT2D eigenvalue weighted by Crippen LogP contribution is -2.36. The summed E-state index contributed by atoms with van der Waals surface area (Å²) in [5.74, 6) is 1.47. The summed E-state index contributed by atoms with van der Waals surface area (Å²) in [6.45, 7) is 4.60. The highest BCUT2D eigenvalue weighted by atomic mass is 16.5. The van der Waals surface area contributed by atoms with Crippen molar-refractivity contribution in [1.82, 2.24) is 10.3 Å². The maximum Gasteiger partial charge on any atom is 0.258 e. The fourth-order valence-corrected chi connectivity index (χ4v) is 2.97. The van der Waals surface area contributed by atoms with Crippen molar-refractivity contribution in [2.24, 2.45) is 4.99 Å². The average Bonchev–Trinajstić information content (AvgIpc) is 2.83. The summed E-state index contributed by atoms with van der Waals surface area (Å²) < 4.78 is 10.5. The van der Waals surface area contributed by atoms with Gasteiger partial charge in [0.05, 0.1) is 26.5 Å². The van der Waals surface area contributed by atoms with E-state index in [4.69, 9.17) is 9.47 Å². The van der Waals surface area contributed by atoms with Crippen LogP contribution in [0.2, 0.25) is 0 Å².